The van der Waals surface area contributed by atoms with Gasteiger partial charge in [0.25, 0.3) is 0 Å². The van der Waals surface area contributed by atoms with Crippen molar-refractivity contribution in [2.24, 2.45) is 0 Å². The Morgan fingerprint density at radius 3 is 1.48 bits per heavy atom. The van der Waals surface area contributed by atoms with Gasteiger partial charge in [-0.2, -0.15) is 6.67 Å². The smallest absolute Gasteiger partial charge is 0.512 e. The fraction of sp³-hybridized carbons (Fsp3) is 0.119. The molecule has 0 fully saturated rings. The third-order valence-electron chi connectivity index (χ3n) is 8.66. The van der Waals surface area contributed by atoms with Gasteiger partial charge in [0, 0.05) is 45.0 Å². The number of para-hydroxylation sites is 5. The zero-order valence-electron chi connectivity index (χ0n) is 28.2. The molecule has 0 radical (unpaired) electrons. The average molecular weight is 833 g/mol. The average Bonchev–Trinajstić information content (AvgIpc) is 3.70. The summed E-state index contributed by atoms with van der Waals surface area (Å²) in [5, 5.41) is 6.25. The van der Waals surface area contributed by atoms with E-state index in [1.54, 1.807) is 0 Å². The SMILES string of the molecule is CN1[CH-]N(c2[c-]c(N3[CH-]N(c4c(-c5ccccc5)cccc4-c4ccccc4)c4ccccc43)nc(C(C)(C)C)n2)c2ccccc21.[C-]#N.[Pt+4]. The van der Waals surface area contributed by atoms with E-state index in [1.165, 1.54) is 0 Å². The Morgan fingerprint density at radius 2 is 0.980 bits per heavy atom. The van der Waals surface area contributed by atoms with E-state index >= 15 is 0 Å². The molecule has 7 nitrogen and oxygen atoms in total. The Morgan fingerprint density at radius 1 is 0.560 bits per heavy atom. The van der Waals surface area contributed by atoms with Gasteiger partial charge in [-0.15, -0.1) is 6.67 Å². The number of anilines is 7. The Bertz CT molecular complexity index is 2070. The summed E-state index contributed by atoms with van der Waals surface area (Å²) in [6.07, 6.45) is 0. The first kappa shape index (κ1) is 34.4. The fourth-order valence-electron chi connectivity index (χ4n) is 6.34. The molecule has 0 bridgehead atoms. The summed E-state index contributed by atoms with van der Waals surface area (Å²) in [4.78, 5) is 18.9. The van der Waals surface area contributed by atoms with Crippen molar-refractivity contribution in [3.63, 3.8) is 0 Å². The van der Waals surface area contributed by atoms with Crippen molar-refractivity contribution >= 4 is 40.1 Å². The van der Waals surface area contributed by atoms with Crippen LogP contribution in [0.2, 0.25) is 0 Å². The fourth-order valence-corrected chi connectivity index (χ4v) is 6.34. The normalized spacial score (nSPS) is 13.2. The molecule has 0 saturated heterocycles. The molecule has 6 aromatic rings. The summed E-state index contributed by atoms with van der Waals surface area (Å²) in [6.45, 7) is 15.4. The molecule has 8 heteroatoms. The molecule has 0 aliphatic carbocycles. The van der Waals surface area contributed by atoms with Gasteiger partial charge in [0.15, 0.2) is 0 Å². The number of aromatic nitrogens is 2. The first-order valence-corrected chi connectivity index (χ1v) is 16.1. The van der Waals surface area contributed by atoms with Crippen LogP contribution >= 0.6 is 0 Å². The number of hydrogen-bond donors (Lipinski definition) is 0. The zero-order valence-corrected chi connectivity index (χ0v) is 30.5. The summed E-state index contributed by atoms with van der Waals surface area (Å²) in [5.74, 6) is 2.14. The van der Waals surface area contributed by atoms with Gasteiger partial charge in [-0.1, -0.05) is 136 Å². The Kier molecular flexibility index (Phi) is 9.77. The standard InChI is InChI=1S/C41H35N6.CN.Pt/c1-41(2,3)40-42-37(45-27-44(4)33-22-11-12-23-34(33)45)26-38(43-40)46-28-47(36-25-14-13-24-35(36)46)39-31(29-16-7-5-8-17-29)20-15-21-32(39)30-18-9-6-10-19-30;1-2;/h5-25,27-28H,1-4H3;;/q-3;-1;+4. The maximum atomic E-state index is 6.25. The van der Waals surface area contributed by atoms with Crippen molar-refractivity contribution in [1.82, 2.24) is 9.97 Å². The van der Waals surface area contributed by atoms with Gasteiger partial charge in [0.05, 0.1) is 0 Å². The maximum Gasteiger partial charge on any atom is 4.00 e. The maximum absolute atomic E-state index is 6.25. The van der Waals surface area contributed by atoms with Crippen molar-refractivity contribution in [3.8, 4) is 22.3 Å². The van der Waals surface area contributed by atoms with E-state index < -0.39 is 0 Å². The molecular formula is C42H35N7Pt. The van der Waals surface area contributed by atoms with E-state index in [0.717, 1.165) is 56.5 Å². The van der Waals surface area contributed by atoms with Crippen molar-refractivity contribution in [1.29, 1.82) is 5.26 Å². The number of nitrogens with zero attached hydrogens (tertiary/aromatic N) is 7. The van der Waals surface area contributed by atoms with Gasteiger partial charge in [0.1, 0.15) is 5.82 Å². The Hall–Kier alpha value is -5.44. The molecule has 0 atom stereocenters. The van der Waals surface area contributed by atoms with Crippen molar-refractivity contribution in [2.45, 2.75) is 26.2 Å². The van der Waals surface area contributed by atoms with Gasteiger partial charge in [-0.25, -0.2) is 0 Å². The molecule has 3 heterocycles. The van der Waals surface area contributed by atoms with E-state index in [9.17, 15) is 0 Å². The first-order valence-electron chi connectivity index (χ1n) is 16.1. The van der Waals surface area contributed by atoms with Gasteiger partial charge in [-0.3, -0.25) is 9.97 Å². The third kappa shape index (κ3) is 6.24. The molecule has 248 valence electrons. The van der Waals surface area contributed by atoms with Crippen LogP contribution in [0, 0.1) is 31.2 Å². The largest absolute Gasteiger partial charge is 4.00 e. The van der Waals surface area contributed by atoms with Crippen LogP contribution in [0.1, 0.15) is 26.6 Å². The predicted octanol–water partition coefficient (Wildman–Crippen LogP) is 10.1. The van der Waals surface area contributed by atoms with E-state index in [0.29, 0.717) is 11.6 Å². The first-order chi connectivity index (χ1) is 23.9. The number of rotatable bonds is 5. The van der Waals surface area contributed by atoms with Crippen LogP contribution in [0.3, 0.4) is 0 Å². The monoisotopic (exact) mass is 832 g/mol. The van der Waals surface area contributed by atoms with Crippen molar-refractivity contribution in [2.75, 3.05) is 26.6 Å². The van der Waals surface area contributed by atoms with Crippen LogP contribution in [0.5, 0.6) is 0 Å². The summed E-state index contributed by atoms with van der Waals surface area (Å²) in [7, 11) is 2.06. The van der Waals surface area contributed by atoms with E-state index in [4.69, 9.17) is 21.8 Å². The second-order valence-electron chi connectivity index (χ2n) is 12.9. The molecule has 50 heavy (non-hydrogen) atoms. The summed E-state index contributed by atoms with van der Waals surface area (Å²) in [6, 6.07) is 48.3. The van der Waals surface area contributed by atoms with Crippen LogP contribution < -0.4 is 19.6 Å². The van der Waals surface area contributed by atoms with Crippen LogP contribution in [0.15, 0.2) is 127 Å². The van der Waals surface area contributed by atoms with E-state index in [1.807, 2.05) is 0 Å². The summed E-state index contributed by atoms with van der Waals surface area (Å²) >= 11 is 0. The molecule has 1 aromatic heterocycles. The number of benzene rings is 5. The second-order valence-corrected chi connectivity index (χ2v) is 12.9. The molecule has 0 unspecified atom stereocenters. The molecule has 0 spiro atoms. The van der Waals surface area contributed by atoms with E-state index in [2.05, 4.69) is 194 Å². The van der Waals surface area contributed by atoms with Crippen LogP contribution in [0.4, 0.5) is 40.1 Å². The van der Waals surface area contributed by atoms with Crippen LogP contribution in [0.25, 0.3) is 22.3 Å². The molecule has 5 aromatic carbocycles. The molecule has 2 aliphatic rings. The molecule has 0 N–H and O–H groups in total. The minimum absolute atomic E-state index is 0. The van der Waals surface area contributed by atoms with Crippen molar-refractivity contribution in [3.05, 3.63) is 159 Å². The third-order valence-corrected chi connectivity index (χ3v) is 8.66. The van der Waals surface area contributed by atoms with Crippen LogP contribution in [-0.4, -0.2) is 17.0 Å². The van der Waals surface area contributed by atoms with Crippen LogP contribution in [-0.2, 0) is 26.5 Å². The Labute approximate surface area is 309 Å². The van der Waals surface area contributed by atoms with Gasteiger partial charge in [0.2, 0.25) is 0 Å². The molecule has 0 saturated carbocycles. The minimum atomic E-state index is -0.289. The zero-order chi connectivity index (χ0) is 34.1. The van der Waals surface area contributed by atoms with Crippen molar-refractivity contribution < 1.29 is 21.1 Å². The predicted molar refractivity (Wildman–Crippen MR) is 198 cm³/mol. The molecule has 2 aliphatic heterocycles. The quantitative estimate of drug-likeness (QED) is 0.160. The summed E-state index contributed by atoms with van der Waals surface area (Å²) < 4.78 is 0. The molecular weight excluding hydrogens is 798 g/mol. The van der Waals surface area contributed by atoms with Gasteiger partial charge in [-0.05, 0) is 42.4 Å². The second kappa shape index (κ2) is 14.2. The topological polar surface area (TPSA) is 62.5 Å². The van der Waals surface area contributed by atoms with Gasteiger partial charge < -0.3 is 37.5 Å². The van der Waals surface area contributed by atoms with Gasteiger partial charge >= 0.3 is 21.1 Å². The van der Waals surface area contributed by atoms with E-state index in [-0.39, 0.29) is 26.5 Å². The minimum Gasteiger partial charge on any atom is -0.512 e. The molecule has 0 amide bonds. The molecule has 8 rings (SSSR count). The summed E-state index contributed by atoms with van der Waals surface area (Å²) in [5.41, 5.74) is 9.70. The number of hydrogen-bond acceptors (Lipinski definition) is 7. The number of fused-ring (bicyclic) bond motifs is 2. The Balaban J connectivity index is 0.00000142.